The SMILES string of the molecule is COc1cc(OC)cc(C(=O)NC(=NC[C@H]2CCCO2)Nc2ccc(F)c(Cl)c2)c1. The van der Waals surface area contributed by atoms with Crippen molar-refractivity contribution in [3.63, 3.8) is 0 Å². The minimum atomic E-state index is -0.535. The molecule has 0 saturated carbocycles. The summed E-state index contributed by atoms with van der Waals surface area (Å²) in [5.74, 6) is 0.206. The maximum Gasteiger partial charge on any atom is 0.258 e. The molecular weight excluding hydrogens is 413 g/mol. The number of amides is 1. The standard InChI is InChI=1S/C21H23ClFN3O4/c1-28-16-8-13(9-17(11-16)29-2)20(27)26-21(24-12-15-4-3-7-30-15)25-14-5-6-19(23)18(22)10-14/h5-6,8-11,15H,3-4,7,12H2,1-2H3,(H2,24,25,26,27)/t15-/m1/s1. The van der Waals surface area contributed by atoms with E-state index in [-0.39, 0.29) is 17.1 Å². The van der Waals surface area contributed by atoms with Gasteiger partial charge in [0.25, 0.3) is 5.91 Å². The van der Waals surface area contributed by atoms with Crippen molar-refractivity contribution in [2.45, 2.75) is 18.9 Å². The fraction of sp³-hybridized carbons (Fsp3) is 0.333. The Morgan fingerprint density at radius 2 is 1.97 bits per heavy atom. The van der Waals surface area contributed by atoms with E-state index >= 15 is 0 Å². The Bertz CT molecular complexity index is 910. The summed E-state index contributed by atoms with van der Waals surface area (Å²) >= 11 is 5.86. The molecule has 2 aromatic rings. The lowest BCUT2D eigenvalue weighted by molar-refractivity contribution is 0.0975. The van der Waals surface area contributed by atoms with Gasteiger partial charge >= 0.3 is 0 Å². The minimum Gasteiger partial charge on any atom is -0.497 e. The largest absolute Gasteiger partial charge is 0.497 e. The molecule has 0 spiro atoms. The fourth-order valence-corrected chi connectivity index (χ4v) is 3.10. The van der Waals surface area contributed by atoms with Gasteiger partial charge < -0.3 is 19.5 Å². The van der Waals surface area contributed by atoms with Gasteiger partial charge in [-0.15, -0.1) is 0 Å². The summed E-state index contributed by atoms with van der Waals surface area (Å²) < 4.78 is 29.5. The van der Waals surface area contributed by atoms with Crippen molar-refractivity contribution in [1.82, 2.24) is 5.32 Å². The number of methoxy groups -OCH3 is 2. The monoisotopic (exact) mass is 435 g/mol. The Morgan fingerprint density at radius 3 is 2.57 bits per heavy atom. The van der Waals surface area contributed by atoms with E-state index in [1.807, 2.05) is 0 Å². The Labute approximate surface area is 179 Å². The number of aliphatic imine (C=N–C) groups is 1. The lowest BCUT2D eigenvalue weighted by atomic mass is 10.2. The minimum absolute atomic E-state index is 0.00702. The molecule has 0 radical (unpaired) electrons. The summed E-state index contributed by atoms with van der Waals surface area (Å²) in [7, 11) is 3.01. The van der Waals surface area contributed by atoms with E-state index < -0.39 is 11.7 Å². The van der Waals surface area contributed by atoms with E-state index in [0.717, 1.165) is 12.8 Å². The normalized spacial score (nSPS) is 16.3. The average molecular weight is 436 g/mol. The molecule has 3 rings (SSSR count). The molecule has 7 nitrogen and oxygen atoms in total. The van der Waals surface area contributed by atoms with Gasteiger partial charge in [-0.2, -0.15) is 0 Å². The quantitative estimate of drug-likeness (QED) is 0.531. The van der Waals surface area contributed by atoms with Crippen molar-refractivity contribution in [3.8, 4) is 11.5 Å². The molecule has 0 unspecified atom stereocenters. The third-order valence-electron chi connectivity index (χ3n) is 4.50. The van der Waals surface area contributed by atoms with Crippen LogP contribution in [0.1, 0.15) is 23.2 Å². The van der Waals surface area contributed by atoms with E-state index in [2.05, 4.69) is 15.6 Å². The molecule has 1 heterocycles. The lowest BCUT2D eigenvalue weighted by Crippen LogP contribution is -2.36. The van der Waals surface area contributed by atoms with Crippen LogP contribution in [0.25, 0.3) is 0 Å². The van der Waals surface area contributed by atoms with Gasteiger partial charge in [0.2, 0.25) is 5.96 Å². The fourth-order valence-electron chi connectivity index (χ4n) is 2.92. The van der Waals surface area contributed by atoms with Crippen LogP contribution in [-0.2, 0) is 4.74 Å². The number of guanidine groups is 1. The van der Waals surface area contributed by atoms with E-state index in [0.29, 0.717) is 35.9 Å². The van der Waals surface area contributed by atoms with Crippen molar-refractivity contribution in [3.05, 3.63) is 52.8 Å². The van der Waals surface area contributed by atoms with Crippen molar-refractivity contribution in [1.29, 1.82) is 0 Å². The van der Waals surface area contributed by atoms with Crippen LogP contribution in [0.15, 0.2) is 41.4 Å². The van der Waals surface area contributed by atoms with E-state index in [1.54, 1.807) is 18.2 Å². The second-order valence-electron chi connectivity index (χ2n) is 6.63. The highest BCUT2D eigenvalue weighted by molar-refractivity contribution is 6.31. The number of hydrogen-bond acceptors (Lipinski definition) is 5. The first-order valence-corrected chi connectivity index (χ1v) is 9.79. The molecule has 160 valence electrons. The molecule has 1 atom stereocenters. The zero-order chi connectivity index (χ0) is 21.5. The number of ether oxygens (including phenoxy) is 3. The van der Waals surface area contributed by atoms with Crippen molar-refractivity contribution < 1.29 is 23.4 Å². The maximum absolute atomic E-state index is 13.5. The molecule has 1 saturated heterocycles. The predicted molar refractivity (Wildman–Crippen MR) is 113 cm³/mol. The number of nitrogens with zero attached hydrogens (tertiary/aromatic N) is 1. The van der Waals surface area contributed by atoms with Crippen LogP contribution < -0.4 is 20.1 Å². The van der Waals surface area contributed by atoms with Gasteiger partial charge in [-0.1, -0.05) is 11.6 Å². The molecule has 1 amide bonds. The van der Waals surface area contributed by atoms with Gasteiger partial charge in [0.15, 0.2) is 0 Å². The summed E-state index contributed by atoms with van der Waals surface area (Å²) in [6.07, 6.45) is 1.87. The Hall–Kier alpha value is -2.84. The number of hydrogen-bond donors (Lipinski definition) is 2. The zero-order valence-electron chi connectivity index (χ0n) is 16.7. The van der Waals surface area contributed by atoms with E-state index in [9.17, 15) is 9.18 Å². The zero-order valence-corrected chi connectivity index (χ0v) is 17.5. The van der Waals surface area contributed by atoms with Crippen LogP contribution in [0.5, 0.6) is 11.5 Å². The molecular formula is C21H23ClFN3O4. The molecule has 2 aromatic carbocycles. The van der Waals surface area contributed by atoms with E-state index in [1.165, 1.54) is 32.4 Å². The number of rotatable bonds is 6. The Morgan fingerprint density at radius 1 is 1.23 bits per heavy atom. The smallest absolute Gasteiger partial charge is 0.258 e. The first-order chi connectivity index (χ1) is 14.5. The summed E-state index contributed by atoms with van der Waals surface area (Å²) in [4.78, 5) is 17.3. The molecule has 0 aliphatic carbocycles. The van der Waals surface area contributed by atoms with Crippen LogP contribution >= 0.6 is 11.6 Å². The summed E-state index contributed by atoms with van der Waals surface area (Å²) in [5.41, 5.74) is 0.811. The summed E-state index contributed by atoms with van der Waals surface area (Å²) in [6, 6.07) is 9.00. The summed E-state index contributed by atoms with van der Waals surface area (Å²) in [5, 5.41) is 5.68. The molecule has 1 aliphatic heterocycles. The van der Waals surface area contributed by atoms with Crippen LogP contribution in [-0.4, -0.2) is 45.3 Å². The Balaban J connectivity index is 1.81. The predicted octanol–water partition coefficient (Wildman–Crippen LogP) is 3.87. The molecule has 30 heavy (non-hydrogen) atoms. The van der Waals surface area contributed by atoms with Gasteiger partial charge in [-0.05, 0) is 43.2 Å². The highest BCUT2D eigenvalue weighted by atomic mass is 35.5. The van der Waals surface area contributed by atoms with Crippen molar-refractivity contribution in [2.24, 2.45) is 4.99 Å². The number of anilines is 1. The molecule has 1 fully saturated rings. The highest BCUT2D eigenvalue weighted by Crippen LogP contribution is 2.23. The first kappa shape index (κ1) is 21.9. The molecule has 9 heteroatoms. The number of benzene rings is 2. The van der Waals surface area contributed by atoms with E-state index in [4.69, 9.17) is 25.8 Å². The Kier molecular flexibility index (Phi) is 7.48. The highest BCUT2D eigenvalue weighted by Gasteiger charge is 2.17. The van der Waals surface area contributed by atoms with Crippen LogP contribution in [0, 0.1) is 5.82 Å². The number of halogens is 2. The van der Waals surface area contributed by atoms with Gasteiger partial charge in [-0.25, -0.2) is 9.38 Å². The molecule has 0 bridgehead atoms. The summed E-state index contributed by atoms with van der Waals surface area (Å²) in [6.45, 7) is 1.07. The topological polar surface area (TPSA) is 81.2 Å². The third kappa shape index (κ3) is 5.84. The van der Waals surface area contributed by atoms with Crippen molar-refractivity contribution >= 4 is 29.2 Å². The van der Waals surface area contributed by atoms with Crippen molar-refractivity contribution in [2.75, 3.05) is 32.7 Å². The second-order valence-corrected chi connectivity index (χ2v) is 7.04. The van der Waals surface area contributed by atoms with Gasteiger partial charge in [0, 0.05) is 23.9 Å². The average Bonchev–Trinajstić information content (AvgIpc) is 3.27. The van der Waals surface area contributed by atoms with Gasteiger partial charge in [0.05, 0.1) is 31.9 Å². The van der Waals surface area contributed by atoms with Crippen LogP contribution in [0.4, 0.5) is 10.1 Å². The number of nitrogens with one attached hydrogen (secondary N) is 2. The third-order valence-corrected chi connectivity index (χ3v) is 4.79. The number of carbonyl (C=O) groups is 1. The maximum atomic E-state index is 13.5. The van der Waals surface area contributed by atoms with Gasteiger partial charge in [0.1, 0.15) is 17.3 Å². The molecule has 0 aromatic heterocycles. The first-order valence-electron chi connectivity index (χ1n) is 9.41. The number of carbonyl (C=O) groups excluding carboxylic acids is 1. The molecule has 1 aliphatic rings. The lowest BCUT2D eigenvalue weighted by Gasteiger charge is -2.14. The second kappa shape index (κ2) is 10.3. The van der Waals surface area contributed by atoms with Gasteiger partial charge in [-0.3, -0.25) is 10.1 Å². The molecule has 2 N–H and O–H groups in total. The van der Waals surface area contributed by atoms with Crippen LogP contribution in [0.2, 0.25) is 5.02 Å². The van der Waals surface area contributed by atoms with Crippen LogP contribution in [0.3, 0.4) is 0 Å².